The zero-order chi connectivity index (χ0) is 14.3. The van der Waals surface area contributed by atoms with E-state index in [1.165, 1.54) is 5.56 Å². The van der Waals surface area contributed by atoms with Crippen molar-refractivity contribution in [2.45, 2.75) is 24.9 Å². The molecule has 5 nitrogen and oxygen atoms in total. The summed E-state index contributed by atoms with van der Waals surface area (Å²) in [4.78, 5) is 11.7. The molecule has 1 aliphatic heterocycles. The van der Waals surface area contributed by atoms with Crippen LogP contribution in [0.1, 0.15) is 18.4 Å². The molecule has 0 aromatic heterocycles. The van der Waals surface area contributed by atoms with Gasteiger partial charge in [0, 0.05) is 39.1 Å². The second-order valence-corrected chi connectivity index (χ2v) is 5.18. The molecule has 0 aliphatic carbocycles. The fraction of sp³-hybridized carbons (Fsp3) is 0.533. The lowest BCUT2D eigenvalue weighted by atomic mass is 9.94. The fourth-order valence-electron chi connectivity index (χ4n) is 2.20. The van der Waals surface area contributed by atoms with Crippen molar-refractivity contribution in [1.82, 2.24) is 10.6 Å². The van der Waals surface area contributed by atoms with Crippen LogP contribution in [0.25, 0.3) is 0 Å². The topological polar surface area (TPSA) is 70.6 Å². The zero-order valence-corrected chi connectivity index (χ0v) is 11.6. The number of amides is 2. The van der Waals surface area contributed by atoms with Crippen LogP contribution in [0.4, 0.5) is 4.79 Å². The van der Waals surface area contributed by atoms with Gasteiger partial charge in [0.2, 0.25) is 0 Å². The van der Waals surface area contributed by atoms with Crippen LogP contribution in [0.3, 0.4) is 0 Å². The van der Waals surface area contributed by atoms with Gasteiger partial charge in [0.15, 0.2) is 0 Å². The van der Waals surface area contributed by atoms with Gasteiger partial charge in [-0.3, -0.25) is 0 Å². The number of nitrogens with one attached hydrogen (secondary N) is 2. The van der Waals surface area contributed by atoms with Crippen molar-refractivity contribution in [3.63, 3.8) is 0 Å². The summed E-state index contributed by atoms with van der Waals surface area (Å²) in [5, 5.41) is 15.7. The van der Waals surface area contributed by atoms with Gasteiger partial charge in [0.1, 0.15) is 0 Å². The molecule has 1 aromatic rings. The Kier molecular flexibility index (Phi) is 5.38. The minimum Gasteiger partial charge on any atom is -0.388 e. The average Bonchev–Trinajstić information content (AvgIpc) is 2.47. The van der Waals surface area contributed by atoms with E-state index in [0.29, 0.717) is 32.6 Å². The van der Waals surface area contributed by atoms with Crippen molar-refractivity contribution in [3.8, 4) is 0 Å². The quantitative estimate of drug-likeness (QED) is 0.754. The molecule has 1 aliphatic rings. The first kappa shape index (κ1) is 14.8. The standard InChI is InChI=1S/C15H22N2O3/c18-14(16-9-6-13-4-2-1-3-5-13)17-12-15(19)7-10-20-11-8-15/h1-5,19H,6-12H2,(H2,16,17,18). The maximum absolute atomic E-state index is 11.7. The van der Waals surface area contributed by atoms with Crippen LogP contribution < -0.4 is 10.6 Å². The van der Waals surface area contributed by atoms with Gasteiger partial charge in [-0.25, -0.2) is 4.79 Å². The number of benzene rings is 1. The van der Waals surface area contributed by atoms with E-state index in [9.17, 15) is 9.90 Å². The minimum atomic E-state index is -0.824. The number of hydrogen-bond donors (Lipinski definition) is 3. The van der Waals surface area contributed by atoms with E-state index in [1.807, 2.05) is 30.3 Å². The van der Waals surface area contributed by atoms with E-state index < -0.39 is 5.60 Å². The molecule has 2 rings (SSSR count). The summed E-state index contributed by atoms with van der Waals surface area (Å²) in [6, 6.07) is 9.76. The zero-order valence-electron chi connectivity index (χ0n) is 11.6. The summed E-state index contributed by atoms with van der Waals surface area (Å²) in [5.41, 5.74) is 0.366. The monoisotopic (exact) mass is 278 g/mol. The molecule has 0 bridgehead atoms. The molecular formula is C15H22N2O3. The molecule has 0 radical (unpaired) electrons. The van der Waals surface area contributed by atoms with Gasteiger partial charge in [0.05, 0.1) is 5.60 Å². The lowest BCUT2D eigenvalue weighted by Gasteiger charge is -2.32. The fourth-order valence-corrected chi connectivity index (χ4v) is 2.20. The Morgan fingerprint density at radius 2 is 1.90 bits per heavy atom. The summed E-state index contributed by atoms with van der Waals surface area (Å²) in [6.45, 7) is 1.95. The number of urea groups is 1. The summed E-state index contributed by atoms with van der Waals surface area (Å²) in [5.74, 6) is 0. The maximum atomic E-state index is 11.7. The van der Waals surface area contributed by atoms with Crippen molar-refractivity contribution in [1.29, 1.82) is 0 Å². The second-order valence-electron chi connectivity index (χ2n) is 5.18. The Hall–Kier alpha value is -1.59. The van der Waals surface area contributed by atoms with Gasteiger partial charge in [-0.1, -0.05) is 30.3 Å². The normalized spacial score (nSPS) is 17.4. The smallest absolute Gasteiger partial charge is 0.314 e. The molecule has 2 amide bonds. The first-order valence-corrected chi connectivity index (χ1v) is 7.04. The molecule has 3 N–H and O–H groups in total. The van der Waals surface area contributed by atoms with E-state index in [1.54, 1.807) is 0 Å². The first-order valence-electron chi connectivity index (χ1n) is 7.04. The van der Waals surface area contributed by atoms with E-state index in [2.05, 4.69) is 10.6 Å². The molecule has 0 atom stereocenters. The predicted octanol–water partition coefficient (Wildman–Crippen LogP) is 1.07. The summed E-state index contributed by atoms with van der Waals surface area (Å²) < 4.78 is 5.20. The molecule has 0 saturated carbocycles. The van der Waals surface area contributed by atoms with Crippen LogP contribution in [0.2, 0.25) is 0 Å². The van der Waals surface area contributed by atoms with Crippen molar-refractivity contribution in [3.05, 3.63) is 35.9 Å². The number of aliphatic hydroxyl groups is 1. The van der Waals surface area contributed by atoms with Gasteiger partial charge in [-0.2, -0.15) is 0 Å². The number of carbonyl (C=O) groups excluding carboxylic acids is 1. The molecular weight excluding hydrogens is 256 g/mol. The minimum absolute atomic E-state index is 0.235. The summed E-state index contributed by atoms with van der Waals surface area (Å²) in [6.07, 6.45) is 1.93. The van der Waals surface area contributed by atoms with E-state index in [-0.39, 0.29) is 12.6 Å². The third-order valence-corrected chi connectivity index (χ3v) is 3.54. The molecule has 1 heterocycles. The molecule has 20 heavy (non-hydrogen) atoms. The SMILES string of the molecule is O=C(NCCc1ccccc1)NCC1(O)CCOCC1. The van der Waals surface area contributed by atoms with Gasteiger partial charge in [-0.05, 0) is 12.0 Å². The lowest BCUT2D eigenvalue weighted by Crippen LogP contribution is -2.49. The predicted molar refractivity (Wildman–Crippen MR) is 76.6 cm³/mol. The Morgan fingerprint density at radius 1 is 1.20 bits per heavy atom. The Morgan fingerprint density at radius 3 is 2.60 bits per heavy atom. The highest BCUT2D eigenvalue weighted by Crippen LogP contribution is 2.18. The molecule has 0 spiro atoms. The van der Waals surface area contributed by atoms with Crippen molar-refractivity contribution >= 4 is 6.03 Å². The number of rotatable bonds is 5. The van der Waals surface area contributed by atoms with Crippen LogP contribution in [-0.4, -0.2) is 43.0 Å². The van der Waals surface area contributed by atoms with E-state index >= 15 is 0 Å². The first-order chi connectivity index (χ1) is 9.68. The van der Waals surface area contributed by atoms with Gasteiger partial charge in [0.25, 0.3) is 0 Å². The van der Waals surface area contributed by atoms with Crippen LogP contribution in [0.15, 0.2) is 30.3 Å². The highest BCUT2D eigenvalue weighted by molar-refractivity contribution is 5.73. The second kappa shape index (κ2) is 7.26. The summed E-state index contributed by atoms with van der Waals surface area (Å²) >= 11 is 0. The van der Waals surface area contributed by atoms with E-state index in [0.717, 1.165) is 6.42 Å². The Bertz CT molecular complexity index is 416. The molecule has 110 valence electrons. The van der Waals surface area contributed by atoms with Gasteiger partial charge in [-0.15, -0.1) is 0 Å². The Balaban J connectivity index is 1.63. The lowest BCUT2D eigenvalue weighted by molar-refractivity contribution is -0.0600. The van der Waals surface area contributed by atoms with Gasteiger partial charge >= 0.3 is 6.03 Å². The van der Waals surface area contributed by atoms with Gasteiger partial charge < -0.3 is 20.5 Å². The molecule has 1 fully saturated rings. The van der Waals surface area contributed by atoms with Crippen molar-refractivity contribution < 1.29 is 14.6 Å². The molecule has 1 aromatic carbocycles. The molecule has 5 heteroatoms. The van der Waals surface area contributed by atoms with Crippen LogP contribution in [-0.2, 0) is 11.2 Å². The number of ether oxygens (including phenoxy) is 1. The molecule has 0 unspecified atom stereocenters. The Labute approximate surface area is 119 Å². The highest BCUT2D eigenvalue weighted by Gasteiger charge is 2.29. The average molecular weight is 278 g/mol. The third kappa shape index (κ3) is 4.83. The van der Waals surface area contributed by atoms with E-state index in [4.69, 9.17) is 4.74 Å². The highest BCUT2D eigenvalue weighted by atomic mass is 16.5. The van der Waals surface area contributed by atoms with Crippen molar-refractivity contribution in [2.24, 2.45) is 0 Å². The van der Waals surface area contributed by atoms with Crippen molar-refractivity contribution in [2.75, 3.05) is 26.3 Å². The largest absolute Gasteiger partial charge is 0.388 e. The van der Waals surface area contributed by atoms with Crippen LogP contribution in [0, 0.1) is 0 Å². The number of carbonyl (C=O) groups is 1. The molecule has 1 saturated heterocycles. The maximum Gasteiger partial charge on any atom is 0.314 e. The van der Waals surface area contributed by atoms with Crippen LogP contribution >= 0.6 is 0 Å². The van der Waals surface area contributed by atoms with Crippen LogP contribution in [0.5, 0.6) is 0 Å². The third-order valence-electron chi connectivity index (χ3n) is 3.54. The number of hydrogen-bond acceptors (Lipinski definition) is 3. The summed E-state index contributed by atoms with van der Waals surface area (Å²) in [7, 11) is 0.